The second kappa shape index (κ2) is 5.44. The summed E-state index contributed by atoms with van der Waals surface area (Å²) in [6, 6.07) is 5.62. The zero-order valence-corrected chi connectivity index (χ0v) is 12.1. The highest BCUT2D eigenvalue weighted by Gasteiger charge is 2.29. The molecule has 2 atom stereocenters. The van der Waals surface area contributed by atoms with Crippen LogP contribution < -0.4 is 0 Å². The molecule has 1 saturated carbocycles. The second-order valence-electron chi connectivity index (χ2n) is 5.94. The summed E-state index contributed by atoms with van der Waals surface area (Å²) in [6.07, 6.45) is 3.32. The van der Waals surface area contributed by atoms with Crippen LogP contribution in [0.25, 0.3) is 0 Å². The van der Waals surface area contributed by atoms with Gasteiger partial charge in [-0.2, -0.15) is 0 Å². The van der Waals surface area contributed by atoms with E-state index in [9.17, 15) is 4.79 Å². The van der Waals surface area contributed by atoms with Crippen LogP contribution in [0.1, 0.15) is 49.0 Å². The average Bonchev–Trinajstić information content (AvgIpc) is 2.30. The molecule has 1 aromatic rings. The third kappa shape index (κ3) is 2.95. The highest BCUT2D eigenvalue weighted by atomic mass is 35.5. The van der Waals surface area contributed by atoms with E-state index in [0.29, 0.717) is 17.6 Å². The molecule has 1 aromatic carbocycles. The van der Waals surface area contributed by atoms with Gasteiger partial charge in [0.05, 0.1) is 0 Å². The van der Waals surface area contributed by atoms with Gasteiger partial charge in [0.15, 0.2) is 5.78 Å². The predicted octanol–water partition coefficient (Wildman–Crippen LogP) is 4.90. The maximum absolute atomic E-state index is 12.5. The molecule has 1 fully saturated rings. The zero-order valence-electron chi connectivity index (χ0n) is 11.4. The Morgan fingerprint density at radius 1 is 1.17 bits per heavy atom. The van der Waals surface area contributed by atoms with Gasteiger partial charge in [-0.3, -0.25) is 4.79 Å². The fourth-order valence-corrected chi connectivity index (χ4v) is 3.31. The van der Waals surface area contributed by atoms with E-state index in [1.165, 1.54) is 6.42 Å². The van der Waals surface area contributed by atoms with Gasteiger partial charge in [0, 0.05) is 16.5 Å². The van der Waals surface area contributed by atoms with Crippen molar-refractivity contribution in [2.45, 2.75) is 40.0 Å². The van der Waals surface area contributed by atoms with Gasteiger partial charge in [-0.1, -0.05) is 25.4 Å². The molecule has 0 aliphatic heterocycles. The quantitative estimate of drug-likeness (QED) is 0.694. The van der Waals surface area contributed by atoms with Crippen molar-refractivity contribution in [3.05, 3.63) is 34.3 Å². The van der Waals surface area contributed by atoms with Crippen molar-refractivity contribution in [2.75, 3.05) is 0 Å². The van der Waals surface area contributed by atoms with Crippen molar-refractivity contribution in [1.29, 1.82) is 0 Å². The number of benzene rings is 1. The monoisotopic (exact) mass is 264 g/mol. The van der Waals surface area contributed by atoms with Crippen LogP contribution in [0.5, 0.6) is 0 Å². The summed E-state index contributed by atoms with van der Waals surface area (Å²) in [6.45, 7) is 6.46. The van der Waals surface area contributed by atoms with Crippen molar-refractivity contribution in [1.82, 2.24) is 0 Å². The molecule has 2 heteroatoms. The Hall–Kier alpha value is -0.820. The summed E-state index contributed by atoms with van der Waals surface area (Å²) in [5.41, 5.74) is 1.81. The van der Waals surface area contributed by atoms with Crippen LogP contribution in [0.15, 0.2) is 18.2 Å². The molecule has 0 saturated heterocycles. The van der Waals surface area contributed by atoms with Crippen LogP contribution in [-0.2, 0) is 0 Å². The standard InChI is InChI=1S/C16H21ClO/c1-10-6-11(2)8-14(7-10)16(18)13-4-5-15(17)12(3)9-13/h4-5,9-11,14H,6-8H2,1-3H3. The van der Waals surface area contributed by atoms with E-state index in [2.05, 4.69) is 13.8 Å². The van der Waals surface area contributed by atoms with E-state index in [4.69, 9.17) is 11.6 Å². The molecule has 98 valence electrons. The Morgan fingerprint density at radius 2 is 1.78 bits per heavy atom. The zero-order chi connectivity index (χ0) is 13.3. The number of aryl methyl sites for hydroxylation is 1. The number of hydrogen-bond donors (Lipinski definition) is 0. The SMILES string of the molecule is Cc1cc(C(=O)C2CC(C)CC(C)C2)ccc1Cl. The van der Waals surface area contributed by atoms with Crippen molar-refractivity contribution in [3.8, 4) is 0 Å². The first-order chi connectivity index (χ1) is 8.47. The molecular weight excluding hydrogens is 244 g/mol. The maximum Gasteiger partial charge on any atom is 0.165 e. The number of Topliss-reactive ketones (excluding diaryl/α,β-unsaturated/α-hetero) is 1. The number of rotatable bonds is 2. The highest BCUT2D eigenvalue weighted by Crippen LogP contribution is 2.35. The molecule has 1 aliphatic carbocycles. The molecule has 0 radical (unpaired) electrons. The fourth-order valence-electron chi connectivity index (χ4n) is 3.19. The average molecular weight is 265 g/mol. The first-order valence-corrected chi connectivity index (χ1v) is 7.15. The number of ketones is 1. The van der Waals surface area contributed by atoms with E-state index in [-0.39, 0.29) is 5.92 Å². The Labute approximate surface area is 115 Å². The van der Waals surface area contributed by atoms with Crippen LogP contribution in [0.2, 0.25) is 5.02 Å². The number of hydrogen-bond acceptors (Lipinski definition) is 1. The molecule has 18 heavy (non-hydrogen) atoms. The van der Waals surface area contributed by atoms with Crippen LogP contribution in [0.3, 0.4) is 0 Å². The minimum atomic E-state index is 0.198. The number of halogens is 1. The molecule has 0 amide bonds. The fraction of sp³-hybridized carbons (Fsp3) is 0.562. The van der Waals surface area contributed by atoms with Crippen molar-refractivity contribution < 1.29 is 4.79 Å². The molecular formula is C16H21ClO. The van der Waals surface area contributed by atoms with Gasteiger partial charge in [0.1, 0.15) is 0 Å². The van der Waals surface area contributed by atoms with Gasteiger partial charge in [-0.05, 0) is 61.8 Å². The maximum atomic E-state index is 12.5. The minimum Gasteiger partial charge on any atom is -0.294 e. The van der Waals surface area contributed by atoms with E-state index in [1.54, 1.807) is 0 Å². The van der Waals surface area contributed by atoms with E-state index in [1.807, 2.05) is 25.1 Å². The van der Waals surface area contributed by atoms with Gasteiger partial charge in [-0.15, -0.1) is 0 Å². The molecule has 0 spiro atoms. The molecule has 0 aromatic heterocycles. The van der Waals surface area contributed by atoms with Crippen molar-refractivity contribution >= 4 is 17.4 Å². The molecule has 1 aliphatic rings. The van der Waals surface area contributed by atoms with Crippen LogP contribution in [-0.4, -0.2) is 5.78 Å². The predicted molar refractivity (Wildman–Crippen MR) is 76.2 cm³/mol. The van der Waals surface area contributed by atoms with E-state index >= 15 is 0 Å². The Kier molecular flexibility index (Phi) is 4.11. The van der Waals surface area contributed by atoms with Gasteiger partial charge >= 0.3 is 0 Å². The van der Waals surface area contributed by atoms with Gasteiger partial charge in [0.25, 0.3) is 0 Å². The molecule has 0 bridgehead atoms. The summed E-state index contributed by atoms with van der Waals surface area (Å²) in [5.74, 6) is 1.82. The summed E-state index contributed by atoms with van der Waals surface area (Å²) in [7, 11) is 0. The third-order valence-corrected chi connectivity index (χ3v) is 4.42. The lowest BCUT2D eigenvalue weighted by molar-refractivity contribution is 0.0836. The number of carbonyl (C=O) groups is 1. The van der Waals surface area contributed by atoms with Crippen molar-refractivity contribution in [3.63, 3.8) is 0 Å². The lowest BCUT2D eigenvalue weighted by Gasteiger charge is -2.30. The van der Waals surface area contributed by atoms with Gasteiger partial charge in [0.2, 0.25) is 0 Å². The summed E-state index contributed by atoms with van der Waals surface area (Å²) in [4.78, 5) is 12.5. The van der Waals surface area contributed by atoms with Crippen LogP contribution in [0, 0.1) is 24.7 Å². The lowest BCUT2D eigenvalue weighted by atomic mass is 9.74. The molecule has 2 rings (SSSR count). The second-order valence-corrected chi connectivity index (χ2v) is 6.35. The summed E-state index contributed by atoms with van der Waals surface area (Å²) in [5, 5.41) is 0.733. The minimum absolute atomic E-state index is 0.198. The smallest absolute Gasteiger partial charge is 0.165 e. The summed E-state index contributed by atoms with van der Waals surface area (Å²) < 4.78 is 0. The topological polar surface area (TPSA) is 17.1 Å². The third-order valence-electron chi connectivity index (χ3n) is 3.99. The largest absolute Gasteiger partial charge is 0.294 e. The Balaban J connectivity index is 2.17. The normalized spacial score (nSPS) is 28.1. The van der Waals surface area contributed by atoms with Crippen LogP contribution >= 0.6 is 11.6 Å². The molecule has 0 heterocycles. The first-order valence-electron chi connectivity index (χ1n) is 6.77. The van der Waals surface area contributed by atoms with Gasteiger partial charge < -0.3 is 0 Å². The van der Waals surface area contributed by atoms with Gasteiger partial charge in [-0.25, -0.2) is 0 Å². The summed E-state index contributed by atoms with van der Waals surface area (Å²) >= 11 is 6.01. The van der Waals surface area contributed by atoms with Crippen LogP contribution in [0.4, 0.5) is 0 Å². The molecule has 1 nitrogen and oxygen atoms in total. The lowest BCUT2D eigenvalue weighted by Crippen LogP contribution is -2.26. The number of carbonyl (C=O) groups excluding carboxylic acids is 1. The first kappa shape index (κ1) is 13.6. The van der Waals surface area contributed by atoms with E-state index < -0.39 is 0 Å². The molecule has 0 N–H and O–H groups in total. The Morgan fingerprint density at radius 3 is 2.33 bits per heavy atom. The van der Waals surface area contributed by atoms with E-state index in [0.717, 1.165) is 29.0 Å². The highest BCUT2D eigenvalue weighted by molar-refractivity contribution is 6.31. The molecule has 2 unspecified atom stereocenters. The Bertz CT molecular complexity index is 442. The van der Waals surface area contributed by atoms with Crippen molar-refractivity contribution in [2.24, 2.45) is 17.8 Å².